The zero-order valence-corrected chi connectivity index (χ0v) is 18.7. The van der Waals surface area contributed by atoms with Crippen LogP contribution in [0.4, 0.5) is 0 Å². The fourth-order valence-electron chi connectivity index (χ4n) is 3.78. The van der Waals surface area contributed by atoms with Crippen molar-refractivity contribution < 1.29 is 5.11 Å². The highest BCUT2D eigenvalue weighted by Crippen LogP contribution is 2.35. The van der Waals surface area contributed by atoms with Crippen LogP contribution in [0, 0.1) is 0 Å². The second kappa shape index (κ2) is 8.37. The van der Waals surface area contributed by atoms with E-state index < -0.39 is 6.10 Å². The van der Waals surface area contributed by atoms with Crippen LogP contribution in [-0.4, -0.2) is 22.3 Å². The van der Waals surface area contributed by atoms with Crippen molar-refractivity contribution >= 4 is 53.7 Å². The Hall–Kier alpha value is -1.66. The van der Waals surface area contributed by atoms with E-state index in [1.54, 1.807) is 0 Å². The van der Waals surface area contributed by atoms with E-state index in [2.05, 4.69) is 102 Å². The van der Waals surface area contributed by atoms with Crippen molar-refractivity contribution in [1.82, 2.24) is 9.88 Å². The third-order valence-corrected chi connectivity index (χ3v) is 6.06. The van der Waals surface area contributed by atoms with E-state index >= 15 is 0 Å². The van der Waals surface area contributed by atoms with Gasteiger partial charge in [0, 0.05) is 26.3 Å². The first-order valence-electron chi connectivity index (χ1n) is 9.38. The summed E-state index contributed by atoms with van der Waals surface area (Å²) in [5, 5.41) is 16.5. The summed E-state index contributed by atoms with van der Waals surface area (Å²) in [6.45, 7) is 2.63. The first-order valence-corrected chi connectivity index (χ1v) is 11.0. The lowest BCUT2D eigenvalue weighted by Gasteiger charge is -2.25. The van der Waals surface area contributed by atoms with E-state index in [1.807, 2.05) is 13.0 Å². The Kier molecular flexibility index (Phi) is 5.88. The highest BCUT2D eigenvalue weighted by Gasteiger charge is 2.22. The fourth-order valence-corrected chi connectivity index (χ4v) is 4.51. The Bertz CT molecular complexity index is 1050. The van der Waals surface area contributed by atoms with Crippen LogP contribution >= 0.6 is 31.9 Å². The van der Waals surface area contributed by atoms with Crippen molar-refractivity contribution in [2.75, 3.05) is 6.54 Å². The van der Waals surface area contributed by atoms with Crippen LogP contribution in [0.3, 0.4) is 0 Å². The van der Waals surface area contributed by atoms with Gasteiger partial charge in [-0.25, -0.2) is 0 Å². The molecule has 2 atom stereocenters. The number of nitrogens with one attached hydrogen (secondary N) is 1. The Morgan fingerprint density at radius 3 is 2.00 bits per heavy atom. The summed E-state index contributed by atoms with van der Waals surface area (Å²) >= 11 is 7.19. The molecule has 0 saturated carbocycles. The van der Waals surface area contributed by atoms with Crippen molar-refractivity contribution in [3.8, 4) is 0 Å². The fraction of sp³-hybridized carbons (Fsp3) is 0.217. The molecule has 1 aromatic heterocycles. The van der Waals surface area contributed by atoms with Gasteiger partial charge < -0.3 is 9.67 Å². The Balaban J connectivity index is 1.75. The van der Waals surface area contributed by atoms with Gasteiger partial charge in [-0.2, -0.15) is 0 Å². The molecule has 1 heterocycles. The van der Waals surface area contributed by atoms with E-state index in [0.29, 0.717) is 0 Å². The van der Waals surface area contributed by atoms with Crippen molar-refractivity contribution in [3.05, 3.63) is 81.2 Å². The number of hydrogen-bond donors (Lipinski definition) is 2. The smallest absolute Gasteiger partial charge is 0.111 e. The predicted octanol–water partition coefficient (Wildman–Crippen LogP) is 6.03. The number of aromatic nitrogens is 1. The van der Waals surface area contributed by atoms with E-state index in [-0.39, 0.29) is 6.17 Å². The van der Waals surface area contributed by atoms with Crippen LogP contribution in [0.15, 0.2) is 75.7 Å². The first kappa shape index (κ1) is 19.6. The molecule has 0 spiro atoms. The monoisotopic (exact) mass is 500 g/mol. The quantitative estimate of drug-likeness (QED) is 0.338. The molecule has 0 saturated heterocycles. The molecule has 28 heavy (non-hydrogen) atoms. The summed E-state index contributed by atoms with van der Waals surface area (Å²) in [5.41, 5.74) is 3.50. The number of rotatable bonds is 6. The molecule has 4 aromatic rings. The number of halogens is 2. The van der Waals surface area contributed by atoms with Gasteiger partial charge in [0.2, 0.25) is 0 Å². The second-order valence-corrected chi connectivity index (χ2v) is 8.90. The topological polar surface area (TPSA) is 37.2 Å². The minimum absolute atomic E-state index is 0.217. The van der Waals surface area contributed by atoms with Gasteiger partial charge >= 0.3 is 0 Å². The van der Waals surface area contributed by atoms with Crippen LogP contribution in [-0.2, 0) is 6.42 Å². The van der Waals surface area contributed by atoms with Gasteiger partial charge in [-0.3, -0.25) is 5.32 Å². The molecule has 0 bridgehead atoms. The third kappa shape index (κ3) is 3.90. The lowest BCUT2D eigenvalue weighted by molar-refractivity contribution is 0.115. The summed E-state index contributed by atoms with van der Waals surface area (Å²) in [4.78, 5) is 0. The summed E-state index contributed by atoms with van der Waals surface area (Å²) in [7, 11) is 0. The minimum atomic E-state index is -0.540. The molecule has 5 heteroatoms. The lowest BCUT2D eigenvalue weighted by atomic mass is 10.1. The van der Waals surface area contributed by atoms with E-state index in [4.69, 9.17) is 0 Å². The van der Waals surface area contributed by atoms with Crippen LogP contribution in [0.1, 0.15) is 18.7 Å². The maximum atomic E-state index is 10.6. The molecule has 0 fully saturated rings. The number of aliphatic hydroxyl groups is 1. The molecule has 2 unspecified atom stereocenters. The van der Waals surface area contributed by atoms with Crippen LogP contribution in [0.2, 0.25) is 0 Å². The summed E-state index contributed by atoms with van der Waals surface area (Å²) in [5.74, 6) is 0. The van der Waals surface area contributed by atoms with E-state index in [1.165, 1.54) is 16.3 Å². The summed E-state index contributed by atoms with van der Waals surface area (Å²) < 4.78 is 4.31. The maximum absolute atomic E-state index is 10.6. The number of hydrogen-bond acceptors (Lipinski definition) is 2. The van der Waals surface area contributed by atoms with Crippen LogP contribution in [0.25, 0.3) is 21.8 Å². The molecule has 144 valence electrons. The minimum Gasteiger partial charge on any atom is -0.390 e. The molecule has 0 aliphatic rings. The average molecular weight is 502 g/mol. The Labute approximate surface area is 181 Å². The lowest BCUT2D eigenvalue weighted by Crippen LogP contribution is -2.36. The van der Waals surface area contributed by atoms with E-state index in [0.717, 1.165) is 32.9 Å². The Morgan fingerprint density at radius 1 is 0.893 bits per heavy atom. The second-order valence-electron chi connectivity index (χ2n) is 7.07. The van der Waals surface area contributed by atoms with Crippen molar-refractivity contribution in [1.29, 1.82) is 0 Å². The zero-order valence-electron chi connectivity index (χ0n) is 15.6. The first-order chi connectivity index (χ1) is 13.5. The number of fused-ring (bicyclic) bond motifs is 3. The molecule has 4 rings (SSSR count). The normalized spacial score (nSPS) is 13.9. The molecular formula is C23H22Br2N2O. The van der Waals surface area contributed by atoms with Gasteiger partial charge in [-0.05, 0) is 55.3 Å². The molecule has 0 amide bonds. The molecule has 0 aliphatic carbocycles. The molecule has 3 aromatic carbocycles. The van der Waals surface area contributed by atoms with Crippen molar-refractivity contribution in [3.63, 3.8) is 0 Å². The SMILES string of the molecule is CC(O)C(NCCc1ccccc1)n1c2ccc(Br)cc2c2cc(Br)ccc21. The van der Waals surface area contributed by atoms with Crippen LogP contribution in [0.5, 0.6) is 0 Å². The van der Waals surface area contributed by atoms with Gasteiger partial charge in [0.05, 0.1) is 17.1 Å². The van der Waals surface area contributed by atoms with Gasteiger partial charge in [0.15, 0.2) is 0 Å². The summed E-state index contributed by atoms with van der Waals surface area (Å²) in [6, 6.07) is 23.0. The highest BCUT2D eigenvalue weighted by molar-refractivity contribution is 9.10. The predicted molar refractivity (Wildman–Crippen MR) is 124 cm³/mol. The largest absolute Gasteiger partial charge is 0.390 e. The standard InChI is InChI=1S/C23H22Br2N2O/c1-15(28)23(26-12-11-16-5-3-2-4-6-16)27-21-9-7-17(24)13-19(21)20-14-18(25)8-10-22(20)27/h2-10,13-15,23,26,28H,11-12H2,1H3. The molecular weight excluding hydrogens is 480 g/mol. The number of aliphatic hydroxyl groups excluding tert-OH is 1. The number of nitrogens with zero attached hydrogens (tertiary/aromatic N) is 1. The van der Waals surface area contributed by atoms with Gasteiger partial charge in [-0.1, -0.05) is 62.2 Å². The number of benzene rings is 3. The molecule has 0 aliphatic heterocycles. The van der Waals surface area contributed by atoms with Gasteiger partial charge in [0.25, 0.3) is 0 Å². The van der Waals surface area contributed by atoms with Crippen molar-refractivity contribution in [2.45, 2.75) is 25.6 Å². The highest BCUT2D eigenvalue weighted by atomic mass is 79.9. The molecule has 2 N–H and O–H groups in total. The summed E-state index contributed by atoms with van der Waals surface area (Å²) in [6.07, 6.45) is 0.158. The molecule has 0 radical (unpaired) electrons. The van der Waals surface area contributed by atoms with Crippen LogP contribution < -0.4 is 5.32 Å². The zero-order chi connectivity index (χ0) is 19.7. The third-order valence-electron chi connectivity index (χ3n) is 5.07. The molecule has 3 nitrogen and oxygen atoms in total. The Morgan fingerprint density at radius 2 is 1.46 bits per heavy atom. The maximum Gasteiger partial charge on any atom is 0.111 e. The van der Waals surface area contributed by atoms with Gasteiger partial charge in [-0.15, -0.1) is 0 Å². The van der Waals surface area contributed by atoms with Crippen molar-refractivity contribution in [2.24, 2.45) is 0 Å². The van der Waals surface area contributed by atoms with E-state index in [9.17, 15) is 5.11 Å². The average Bonchev–Trinajstić information content (AvgIpc) is 2.98. The van der Waals surface area contributed by atoms with Gasteiger partial charge in [0.1, 0.15) is 6.17 Å².